The number of carbonyl (C=O) groups is 1. The van der Waals surface area contributed by atoms with Crippen molar-refractivity contribution in [3.05, 3.63) is 42.4 Å². The van der Waals surface area contributed by atoms with Gasteiger partial charge in [-0.05, 0) is 12.3 Å². The van der Waals surface area contributed by atoms with E-state index in [0.29, 0.717) is 30.9 Å². The van der Waals surface area contributed by atoms with Crippen molar-refractivity contribution in [3.63, 3.8) is 0 Å². The Bertz CT molecular complexity index is 801. The number of hydrogen-bond donors (Lipinski definition) is 2. The van der Waals surface area contributed by atoms with E-state index in [0.717, 1.165) is 5.56 Å². The molecule has 1 fully saturated rings. The number of benzene rings is 1. The van der Waals surface area contributed by atoms with Gasteiger partial charge in [0.1, 0.15) is 11.4 Å². The number of sulfonamides is 1. The summed E-state index contributed by atoms with van der Waals surface area (Å²) >= 11 is 0. The lowest BCUT2D eigenvalue weighted by Gasteiger charge is -2.16. The molecule has 8 heteroatoms. The van der Waals surface area contributed by atoms with E-state index < -0.39 is 10.0 Å². The highest BCUT2D eigenvalue weighted by Gasteiger charge is 2.31. The Labute approximate surface area is 134 Å². The minimum Gasteiger partial charge on any atom is -0.340 e. The van der Waals surface area contributed by atoms with Gasteiger partial charge in [-0.25, -0.2) is 18.5 Å². The van der Waals surface area contributed by atoms with Crippen LogP contribution in [0.5, 0.6) is 0 Å². The molecule has 1 saturated heterocycles. The van der Waals surface area contributed by atoms with Gasteiger partial charge in [0.2, 0.25) is 10.0 Å². The highest BCUT2D eigenvalue weighted by Crippen LogP contribution is 2.24. The molecule has 1 atom stereocenters. The van der Waals surface area contributed by atoms with Crippen molar-refractivity contribution in [1.29, 1.82) is 0 Å². The number of rotatable bonds is 4. The van der Waals surface area contributed by atoms with Gasteiger partial charge in [-0.2, -0.15) is 0 Å². The fourth-order valence-electron chi connectivity index (χ4n) is 2.91. The summed E-state index contributed by atoms with van der Waals surface area (Å²) in [6, 6.07) is 9.45. The Morgan fingerprint density at radius 1 is 1.35 bits per heavy atom. The molecule has 1 aliphatic rings. The second-order valence-electron chi connectivity index (χ2n) is 5.73. The Balaban J connectivity index is 1.77. The van der Waals surface area contributed by atoms with Crippen LogP contribution in [-0.4, -0.2) is 48.0 Å². The number of carbonyl (C=O) groups excluding carboxylic acids is 1. The molecule has 0 bridgehead atoms. The van der Waals surface area contributed by atoms with Crippen LogP contribution in [0.3, 0.4) is 0 Å². The van der Waals surface area contributed by atoms with Crippen LogP contribution in [0.15, 0.2) is 36.7 Å². The molecule has 3 rings (SSSR count). The molecule has 1 aliphatic heterocycles. The number of H-pyrrole nitrogens is 1. The summed E-state index contributed by atoms with van der Waals surface area (Å²) in [5.41, 5.74) is 1.88. The van der Waals surface area contributed by atoms with Gasteiger partial charge < -0.3 is 9.88 Å². The normalized spacial score (nSPS) is 18.3. The summed E-state index contributed by atoms with van der Waals surface area (Å²) in [6.07, 6.45) is 2.13. The van der Waals surface area contributed by atoms with E-state index in [1.807, 2.05) is 30.3 Å². The van der Waals surface area contributed by atoms with Crippen molar-refractivity contribution >= 4 is 15.9 Å². The number of nitrogens with two attached hydrogens (primary N) is 1. The van der Waals surface area contributed by atoms with Gasteiger partial charge in [-0.1, -0.05) is 30.3 Å². The standard InChI is InChI=1S/C15H18N4O3S/c16-23(21,22)9-11-6-7-19(8-11)15(20)14-13(17-10-18-14)12-4-2-1-3-5-12/h1-5,10-11H,6-9H2,(H,17,18)(H2,16,21,22). The van der Waals surface area contributed by atoms with Crippen molar-refractivity contribution in [2.45, 2.75) is 6.42 Å². The smallest absolute Gasteiger partial charge is 0.272 e. The van der Waals surface area contributed by atoms with E-state index in [9.17, 15) is 13.2 Å². The van der Waals surface area contributed by atoms with Gasteiger partial charge in [-0.15, -0.1) is 0 Å². The Morgan fingerprint density at radius 2 is 2.09 bits per heavy atom. The maximum Gasteiger partial charge on any atom is 0.272 e. The third-order valence-electron chi connectivity index (χ3n) is 3.94. The van der Waals surface area contributed by atoms with Gasteiger partial charge in [0, 0.05) is 18.7 Å². The molecule has 3 N–H and O–H groups in total. The lowest BCUT2D eigenvalue weighted by atomic mass is 10.1. The molecule has 1 unspecified atom stereocenters. The molecule has 0 radical (unpaired) electrons. The lowest BCUT2D eigenvalue weighted by Crippen LogP contribution is -2.31. The Kier molecular flexibility index (Phi) is 4.18. The fourth-order valence-corrected chi connectivity index (χ4v) is 3.84. The van der Waals surface area contributed by atoms with Crippen molar-refractivity contribution < 1.29 is 13.2 Å². The molecule has 122 valence electrons. The minimum atomic E-state index is -3.52. The highest BCUT2D eigenvalue weighted by atomic mass is 32.2. The quantitative estimate of drug-likeness (QED) is 0.863. The predicted molar refractivity (Wildman–Crippen MR) is 86.0 cm³/mol. The van der Waals surface area contributed by atoms with E-state index in [2.05, 4.69) is 9.97 Å². The van der Waals surface area contributed by atoms with Crippen LogP contribution < -0.4 is 5.14 Å². The second-order valence-corrected chi connectivity index (χ2v) is 7.39. The van der Waals surface area contributed by atoms with Crippen molar-refractivity contribution in [2.24, 2.45) is 11.1 Å². The Morgan fingerprint density at radius 3 is 2.78 bits per heavy atom. The third-order valence-corrected chi connectivity index (χ3v) is 4.88. The van der Waals surface area contributed by atoms with Crippen molar-refractivity contribution in [3.8, 4) is 11.3 Å². The van der Waals surface area contributed by atoms with Crippen molar-refractivity contribution in [2.75, 3.05) is 18.8 Å². The molecule has 7 nitrogen and oxygen atoms in total. The molecule has 1 aromatic carbocycles. The Hall–Kier alpha value is -2.19. The number of nitrogens with one attached hydrogen (secondary N) is 1. The van der Waals surface area contributed by atoms with Gasteiger partial charge in [0.15, 0.2) is 0 Å². The molecule has 23 heavy (non-hydrogen) atoms. The fraction of sp³-hybridized carbons (Fsp3) is 0.333. The SMILES string of the molecule is NS(=O)(=O)CC1CCN(C(=O)c2[nH]cnc2-c2ccccc2)C1. The van der Waals surface area contributed by atoms with E-state index in [-0.39, 0.29) is 17.6 Å². The average Bonchev–Trinajstić information content (AvgIpc) is 3.15. The number of nitrogens with zero attached hydrogens (tertiary/aromatic N) is 2. The van der Waals surface area contributed by atoms with E-state index in [1.165, 1.54) is 6.33 Å². The van der Waals surface area contributed by atoms with Gasteiger partial charge in [0.25, 0.3) is 5.91 Å². The number of aromatic amines is 1. The summed E-state index contributed by atoms with van der Waals surface area (Å²) in [5.74, 6) is -0.374. The topological polar surface area (TPSA) is 109 Å². The first-order valence-electron chi connectivity index (χ1n) is 7.32. The number of imidazole rings is 1. The number of aromatic nitrogens is 2. The zero-order valence-electron chi connectivity index (χ0n) is 12.5. The summed E-state index contributed by atoms with van der Waals surface area (Å²) in [5, 5.41) is 5.08. The van der Waals surface area contributed by atoms with Crippen LogP contribution in [0.1, 0.15) is 16.9 Å². The van der Waals surface area contributed by atoms with E-state index >= 15 is 0 Å². The largest absolute Gasteiger partial charge is 0.340 e. The number of amides is 1. The van der Waals surface area contributed by atoms with E-state index in [1.54, 1.807) is 4.90 Å². The molecule has 1 amide bonds. The van der Waals surface area contributed by atoms with Crippen LogP contribution in [0.2, 0.25) is 0 Å². The van der Waals surface area contributed by atoms with Crippen LogP contribution in [0, 0.1) is 5.92 Å². The predicted octanol–water partition coefficient (Wildman–Crippen LogP) is 0.827. The molecule has 0 spiro atoms. The maximum atomic E-state index is 12.7. The first kappa shape index (κ1) is 15.7. The minimum absolute atomic E-state index is 0.0920. The van der Waals surface area contributed by atoms with Crippen molar-refractivity contribution in [1.82, 2.24) is 14.9 Å². The molecule has 2 heterocycles. The molecule has 0 aliphatic carbocycles. The van der Waals surface area contributed by atoms with Gasteiger partial charge >= 0.3 is 0 Å². The van der Waals surface area contributed by atoms with E-state index in [4.69, 9.17) is 5.14 Å². The summed E-state index contributed by atoms with van der Waals surface area (Å²) in [7, 11) is -3.52. The highest BCUT2D eigenvalue weighted by molar-refractivity contribution is 7.89. The number of primary sulfonamides is 1. The summed E-state index contributed by atoms with van der Waals surface area (Å²) in [6.45, 7) is 0.911. The first-order valence-corrected chi connectivity index (χ1v) is 9.04. The number of likely N-dealkylation sites (tertiary alicyclic amines) is 1. The van der Waals surface area contributed by atoms with Crippen LogP contribution in [0.4, 0.5) is 0 Å². The lowest BCUT2D eigenvalue weighted by molar-refractivity contribution is 0.0784. The van der Waals surface area contributed by atoms with Gasteiger partial charge in [-0.3, -0.25) is 4.79 Å². The zero-order valence-corrected chi connectivity index (χ0v) is 13.3. The first-order chi connectivity index (χ1) is 10.9. The molecule has 0 saturated carbocycles. The molecule has 1 aromatic heterocycles. The maximum absolute atomic E-state index is 12.7. The monoisotopic (exact) mass is 334 g/mol. The zero-order chi connectivity index (χ0) is 16.4. The van der Waals surface area contributed by atoms with Crippen LogP contribution >= 0.6 is 0 Å². The third kappa shape index (κ3) is 3.59. The van der Waals surface area contributed by atoms with Crippen LogP contribution in [-0.2, 0) is 10.0 Å². The summed E-state index contributed by atoms with van der Waals surface area (Å²) < 4.78 is 22.4. The summed E-state index contributed by atoms with van der Waals surface area (Å²) in [4.78, 5) is 21.5. The van der Waals surface area contributed by atoms with Gasteiger partial charge in [0.05, 0.1) is 12.1 Å². The second kappa shape index (κ2) is 6.13. The molecular weight excluding hydrogens is 316 g/mol. The molecule has 2 aromatic rings. The van der Waals surface area contributed by atoms with Crippen LogP contribution in [0.25, 0.3) is 11.3 Å². The molecular formula is C15H18N4O3S. The number of hydrogen-bond acceptors (Lipinski definition) is 4. The average molecular weight is 334 g/mol.